The number of aliphatic hydroxyl groups excluding tert-OH is 2. The number of hydrogen-bond acceptors (Lipinski definition) is 3. The number of hydrogen-bond donors (Lipinski definition) is 2. The molecule has 3 nitrogen and oxygen atoms in total. The predicted molar refractivity (Wildman–Crippen MR) is 95.3 cm³/mol. The van der Waals surface area contributed by atoms with Crippen LogP contribution in [0.1, 0.15) is 84.5 Å². The minimum atomic E-state index is -0.567. The van der Waals surface area contributed by atoms with Crippen LogP contribution in [0.5, 0.6) is 0 Å². The monoisotopic (exact) mass is 324 g/mol. The molecule has 23 heavy (non-hydrogen) atoms. The Morgan fingerprint density at radius 1 is 1.09 bits per heavy atom. The maximum atomic E-state index is 12.1. The maximum absolute atomic E-state index is 12.1. The molecule has 4 atom stereocenters. The van der Waals surface area contributed by atoms with Crippen LogP contribution < -0.4 is 0 Å². The lowest BCUT2D eigenvalue weighted by Gasteiger charge is -2.18. The maximum Gasteiger partial charge on any atom is 0.139 e. The highest BCUT2D eigenvalue weighted by Crippen LogP contribution is 2.34. The molecule has 2 N–H and O–H groups in total. The number of Topliss-reactive ketones (excluding diaryl/α,β-unsaturated/α-hetero) is 1. The zero-order chi connectivity index (χ0) is 17.1. The second kappa shape index (κ2) is 11.8. The zero-order valence-electron chi connectivity index (χ0n) is 15.0. The molecule has 0 aromatic rings. The Morgan fingerprint density at radius 2 is 1.74 bits per heavy atom. The third-order valence-corrected chi connectivity index (χ3v) is 5.01. The number of rotatable bonds is 12. The van der Waals surface area contributed by atoms with Crippen LogP contribution in [-0.4, -0.2) is 28.2 Å². The van der Waals surface area contributed by atoms with Crippen LogP contribution in [0.4, 0.5) is 0 Å². The summed E-state index contributed by atoms with van der Waals surface area (Å²) < 4.78 is 0. The molecule has 3 heteroatoms. The molecule has 0 aromatic carbocycles. The van der Waals surface area contributed by atoms with Crippen LogP contribution in [0.2, 0.25) is 0 Å². The number of unbranched alkanes of at least 4 members (excludes halogenated alkanes) is 6. The molecule has 0 radical (unpaired) electrons. The first-order chi connectivity index (χ1) is 11.1. The molecule has 0 spiro atoms. The van der Waals surface area contributed by atoms with Crippen molar-refractivity contribution in [2.45, 2.75) is 96.7 Å². The average molecular weight is 325 g/mol. The van der Waals surface area contributed by atoms with Gasteiger partial charge in [-0.3, -0.25) is 4.79 Å². The number of aliphatic hydroxyl groups is 2. The van der Waals surface area contributed by atoms with Crippen molar-refractivity contribution in [1.29, 1.82) is 0 Å². The number of carbonyl (C=O) groups excluding carboxylic acids is 1. The van der Waals surface area contributed by atoms with Gasteiger partial charge in [0.1, 0.15) is 5.78 Å². The molecule has 1 aliphatic carbocycles. The van der Waals surface area contributed by atoms with Crippen molar-refractivity contribution in [2.24, 2.45) is 11.8 Å². The highest BCUT2D eigenvalue weighted by molar-refractivity contribution is 5.84. The summed E-state index contributed by atoms with van der Waals surface area (Å²) in [5.74, 6) is 0.0448. The topological polar surface area (TPSA) is 57.5 Å². The first-order valence-electron chi connectivity index (χ1n) is 9.67. The molecule has 134 valence electrons. The minimum Gasteiger partial charge on any atom is -0.392 e. The summed E-state index contributed by atoms with van der Waals surface area (Å²) in [7, 11) is 0. The van der Waals surface area contributed by atoms with Crippen molar-refractivity contribution < 1.29 is 15.0 Å². The lowest BCUT2D eigenvalue weighted by Crippen LogP contribution is -2.19. The zero-order valence-corrected chi connectivity index (χ0v) is 15.0. The van der Waals surface area contributed by atoms with E-state index >= 15 is 0 Å². The second-order valence-electron chi connectivity index (χ2n) is 7.07. The second-order valence-corrected chi connectivity index (χ2v) is 7.07. The highest BCUT2D eigenvalue weighted by atomic mass is 16.3. The number of carbonyl (C=O) groups is 1. The predicted octanol–water partition coefficient (Wildman–Crippen LogP) is 4.41. The van der Waals surface area contributed by atoms with Gasteiger partial charge in [0.2, 0.25) is 0 Å². The molecule has 2 unspecified atom stereocenters. The van der Waals surface area contributed by atoms with Gasteiger partial charge in [0.25, 0.3) is 0 Å². The minimum absolute atomic E-state index is 0.0503. The van der Waals surface area contributed by atoms with E-state index in [9.17, 15) is 15.0 Å². The Bertz CT molecular complexity index is 351. The Morgan fingerprint density at radius 3 is 2.43 bits per heavy atom. The lowest BCUT2D eigenvalue weighted by molar-refractivity contribution is -0.121. The fourth-order valence-electron chi connectivity index (χ4n) is 3.52. The van der Waals surface area contributed by atoms with Gasteiger partial charge in [-0.1, -0.05) is 77.4 Å². The van der Waals surface area contributed by atoms with Crippen LogP contribution in [0.15, 0.2) is 12.2 Å². The van der Waals surface area contributed by atoms with Crippen molar-refractivity contribution in [2.75, 3.05) is 0 Å². The summed E-state index contributed by atoms with van der Waals surface area (Å²) >= 11 is 0. The molecular formula is C20H36O3. The molecule has 1 rings (SSSR count). The van der Waals surface area contributed by atoms with Gasteiger partial charge >= 0.3 is 0 Å². The summed E-state index contributed by atoms with van der Waals surface area (Å²) in [6, 6.07) is 0. The van der Waals surface area contributed by atoms with E-state index in [4.69, 9.17) is 0 Å². The van der Waals surface area contributed by atoms with Gasteiger partial charge in [0.05, 0.1) is 12.2 Å². The summed E-state index contributed by atoms with van der Waals surface area (Å²) in [5.41, 5.74) is 0. The molecule has 1 aliphatic rings. The quantitative estimate of drug-likeness (QED) is 0.413. The molecule has 0 amide bonds. The molecule has 1 saturated carbocycles. The largest absolute Gasteiger partial charge is 0.392 e. The normalized spacial score (nSPS) is 26.3. The van der Waals surface area contributed by atoms with Crippen LogP contribution in [0.25, 0.3) is 0 Å². The fourth-order valence-corrected chi connectivity index (χ4v) is 3.52. The van der Waals surface area contributed by atoms with Crippen LogP contribution in [-0.2, 0) is 4.79 Å². The lowest BCUT2D eigenvalue weighted by atomic mass is 9.88. The van der Waals surface area contributed by atoms with Crippen molar-refractivity contribution in [3.63, 3.8) is 0 Å². The Kier molecular flexibility index (Phi) is 10.5. The molecule has 0 heterocycles. The average Bonchev–Trinajstić information content (AvgIpc) is 2.79. The summed E-state index contributed by atoms with van der Waals surface area (Å²) in [6.45, 7) is 4.34. The molecular weight excluding hydrogens is 288 g/mol. The molecule has 0 saturated heterocycles. The Labute approximate surface area is 142 Å². The third kappa shape index (κ3) is 7.63. The smallest absolute Gasteiger partial charge is 0.139 e. The molecule has 0 aliphatic heterocycles. The van der Waals surface area contributed by atoms with E-state index in [2.05, 4.69) is 13.8 Å². The Balaban J connectivity index is 2.43. The van der Waals surface area contributed by atoms with Gasteiger partial charge < -0.3 is 10.2 Å². The van der Waals surface area contributed by atoms with Gasteiger partial charge in [0.15, 0.2) is 0 Å². The summed E-state index contributed by atoms with van der Waals surface area (Å²) in [5, 5.41) is 20.1. The fraction of sp³-hybridized carbons (Fsp3) is 0.850. The van der Waals surface area contributed by atoms with Gasteiger partial charge in [-0.25, -0.2) is 0 Å². The highest BCUT2D eigenvalue weighted by Gasteiger charge is 2.39. The van der Waals surface area contributed by atoms with Gasteiger partial charge in [0, 0.05) is 18.3 Å². The van der Waals surface area contributed by atoms with Crippen molar-refractivity contribution >= 4 is 5.78 Å². The third-order valence-electron chi connectivity index (χ3n) is 5.01. The van der Waals surface area contributed by atoms with Gasteiger partial charge in [-0.15, -0.1) is 0 Å². The van der Waals surface area contributed by atoms with Crippen LogP contribution in [0, 0.1) is 11.8 Å². The molecule has 1 fully saturated rings. The van der Waals surface area contributed by atoms with E-state index in [0.717, 1.165) is 38.5 Å². The van der Waals surface area contributed by atoms with E-state index < -0.39 is 12.2 Å². The molecule has 0 aromatic heterocycles. The SMILES string of the molecule is CCCCCCC[C@H]1C(=O)CC(O)[C@@H]1/C=C/C(O)CCCCC. The van der Waals surface area contributed by atoms with Gasteiger partial charge in [-0.05, 0) is 12.8 Å². The Hall–Kier alpha value is -0.670. The first kappa shape index (κ1) is 20.4. The summed E-state index contributed by atoms with van der Waals surface area (Å²) in [6.07, 6.45) is 13.9. The van der Waals surface area contributed by atoms with Crippen LogP contribution >= 0.6 is 0 Å². The van der Waals surface area contributed by atoms with E-state index in [1.54, 1.807) is 6.08 Å². The number of ketones is 1. The van der Waals surface area contributed by atoms with Crippen molar-refractivity contribution in [3.05, 3.63) is 12.2 Å². The van der Waals surface area contributed by atoms with Crippen molar-refractivity contribution in [3.8, 4) is 0 Å². The molecule has 0 bridgehead atoms. The first-order valence-corrected chi connectivity index (χ1v) is 9.67. The van der Waals surface area contributed by atoms with E-state index in [1.165, 1.54) is 25.7 Å². The standard InChI is InChI=1S/C20H36O3/c1-3-5-7-8-10-12-17-18(20(23)15-19(17)22)14-13-16(21)11-9-6-4-2/h13-14,16-18,20-21,23H,3-12,15H2,1-2H3/b14-13+/t16?,17-,18-,20?/m1/s1. The van der Waals surface area contributed by atoms with E-state index in [-0.39, 0.29) is 24.0 Å². The van der Waals surface area contributed by atoms with Crippen molar-refractivity contribution in [1.82, 2.24) is 0 Å². The van der Waals surface area contributed by atoms with E-state index in [1.807, 2.05) is 6.08 Å². The summed E-state index contributed by atoms with van der Waals surface area (Å²) in [4.78, 5) is 12.1. The van der Waals surface area contributed by atoms with Crippen LogP contribution in [0.3, 0.4) is 0 Å². The van der Waals surface area contributed by atoms with Gasteiger partial charge in [-0.2, -0.15) is 0 Å². The van der Waals surface area contributed by atoms with E-state index in [0.29, 0.717) is 0 Å².